The lowest BCUT2D eigenvalue weighted by Crippen LogP contribution is -2.46. The molecule has 0 amide bonds. The maximum atomic E-state index is 13.7. The number of benzene rings is 2. The average molecular weight is 431 g/mol. The van der Waals surface area contributed by atoms with Gasteiger partial charge in [-0.1, -0.05) is 55.6 Å². The van der Waals surface area contributed by atoms with Crippen LogP contribution in [0.3, 0.4) is 0 Å². The summed E-state index contributed by atoms with van der Waals surface area (Å²) in [5.74, 6) is 0.799. The van der Waals surface area contributed by atoms with Gasteiger partial charge in [0.25, 0.3) is 0 Å². The Balaban J connectivity index is 1.51. The highest BCUT2D eigenvalue weighted by Crippen LogP contribution is 2.46. The number of hydrogen-bond acceptors (Lipinski definition) is 6. The van der Waals surface area contributed by atoms with Crippen LogP contribution in [0.15, 0.2) is 34.9 Å². The van der Waals surface area contributed by atoms with Gasteiger partial charge in [-0.3, -0.25) is 4.79 Å². The van der Waals surface area contributed by atoms with E-state index in [1.165, 1.54) is 19.3 Å². The van der Waals surface area contributed by atoms with Crippen LogP contribution in [0.2, 0.25) is 0 Å². The van der Waals surface area contributed by atoms with Crippen molar-refractivity contribution in [2.45, 2.75) is 45.1 Å². The van der Waals surface area contributed by atoms with Crippen LogP contribution in [-0.2, 0) is 0 Å². The number of carbonyl (C=O) groups excluding carboxylic acids is 1. The Labute approximate surface area is 188 Å². The molecule has 0 unspecified atom stereocenters. The van der Waals surface area contributed by atoms with Crippen molar-refractivity contribution in [1.29, 1.82) is 0 Å². The number of aromatic nitrogens is 1. The Morgan fingerprint density at radius 3 is 2.56 bits per heavy atom. The molecule has 1 aromatic heterocycles. The number of fused-ring (bicyclic) bond motifs is 2. The van der Waals surface area contributed by atoms with E-state index < -0.39 is 0 Å². The molecule has 0 atom stereocenters. The molecule has 166 valence electrons. The van der Waals surface area contributed by atoms with Gasteiger partial charge in [-0.05, 0) is 25.5 Å². The van der Waals surface area contributed by atoms with Crippen LogP contribution in [0.4, 0.5) is 11.4 Å². The lowest BCUT2D eigenvalue weighted by molar-refractivity contribution is 0.104. The van der Waals surface area contributed by atoms with E-state index in [4.69, 9.17) is 4.52 Å². The van der Waals surface area contributed by atoms with Crippen LogP contribution in [0, 0.1) is 0 Å². The Morgan fingerprint density at radius 1 is 1.06 bits per heavy atom. The van der Waals surface area contributed by atoms with Crippen LogP contribution in [0.25, 0.3) is 22.2 Å². The lowest BCUT2D eigenvalue weighted by Gasteiger charge is -2.36. The third-order valence-corrected chi connectivity index (χ3v) is 7.50. The second-order valence-corrected chi connectivity index (χ2v) is 9.33. The van der Waals surface area contributed by atoms with Gasteiger partial charge >= 0.3 is 0 Å². The normalized spacial score (nSPS) is 19.4. The van der Waals surface area contributed by atoms with E-state index in [2.05, 4.69) is 33.3 Å². The smallest absolute Gasteiger partial charge is 0.196 e. The third kappa shape index (κ3) is 3.12. The Hall–Kier alpha value is -2.86. The Kier molecular flexibility index (Phi) is 4.90. The van der Waals surface area contributed by atoms with E-state index in [0.29, 0.717) is 11.6 Å². The van der Waals surface area contributed by atoms with E-state index in [1.807, 2.05) is 24.3 Å². The molecule has 3 aliphatic rings. The summed E-state index contributed by atoms with van der Waals surface area (Å²) in [6.07, 6.45) is 6.11. The van der Waals surface area contributed by atoms with Crippen molar-refractivity contribution in [3.05, 3.63) is 41.5 Å². The molecule has 2 aromatic carbocycles. The molecule has 32 heavy (non-hydrogen) atoms. The minimum atomic E-state index is 0.0713. The number of anilines is 2. The summed E-state index contributed by atoms with van der Waals surface area (Å²) in [6.45, 7) is 7.29. The summed E-state index contributed by atoms with van der Waals surface area (Å²) in [7, 11) is 0. The molecule has 2 heterocycles. The number of carbonyl (C=O) groups is 1. The highest BCUT2D eigenvalue weighted by Gasteiger charge is 2.34. The van der Waals surface area contributed by atoms with Crippen molar-refractivity contribution in [2.24, 2.45) is 0 Å². The molecule has 2 fully saturated rings. The van der Waals surface area contributed by atoms with E-state index in [-0.39, 0.29) is 5.78 Å². The van der Waals surface area contributed by atoms with Gasteiger partial charge in [0, 0.05) is 49.0 Å². The molecule has 3 aromatic rings. The summed E-state index contributed by atoms with van der Waals surface area (Å²) in [6, 6.07) is 10.3. The number of nitrogens with zero attached hydrogens (tertiary/aromatic N) is 3. The first-order valence-corrected chi connectivity index (χ1v) is 12.1. The van der Waals surface area contributed by atoms with Gasteiger partial charge in [-0.15, -0.1) is 0 Å². The monoisotopic (exact) mass is 430 g/mol. The fourth-order valence-corrected chi connectivity index (χ4v) is 5.67. The largest absolute Gasteiger partial charge is 0.382 e. The molecule has 6 nitrogen and oxygen atoms in total. The van der Waals surface area contributed by atoms with Crippen molar-refractivity contribution in [2.75, 3.05) is 42.9 Å². The lowest BCUT2D eigenvalue weighted by atomic mass is 9.85. The third-order valence-electron chi connectivity index (χ3n) is 7.50. The van der Waals surface area contributed by atoms with Gasteiger partial charge in [0.1, 0.15) is 5.52 Å². The first-order chi connectivity index (χ1) is 15.7. The standard InChI is InChI=1S/C26H30N4O2/c1-2-29-12-14-30(15-13-29)21-16-20(27-17-8-4-3-5-9-17)22-23-24(21)28-32-26(23)19-11-7-6-10-18(19)25(22)31/h6-7,10-11,16-17,27H,2-5,8-9,12-15H2,1H3. The molecule has 0 radical (unpaired) electrons. The van der Waals surface area contributed by atoms with E-state index in [9.17, 15) is 4.79 Å². The molecule has 1 N–H and O–H groups in total. The molecule has 2 aliphatic carbocycles. The zero-order valence-corrected chi connectivity index (χ0v) is 18.7. The number of piperazine rings is 1. The van der Waals surface area contributed by atoms with Gasteiger partial charge in [0.05, 0.1) is 16.6 Å². The minimum Gasteiger partial charge on any atom is -0.382 e. The molecular weight excluding hydrogens is 400 g/mol. The Morgan fingerprint density at radius 2 is 1.81 bits per heavy atom. The predicted octanol–water partition coefficient (Wildman–Crippen LogP) is 4.93. The topological polar surface area (TPSA) is 61.6 Å². The first-order valence-electron chi connectivity index (χ1n) is 12.1. The summed E-state index contributed by atoms with van der Waals surface area (Å²) in [5, 5.41) is 9.17. The zero-order valence-electron chi connectivity index (χ0n) is 18.7. The van der Waals surface area contributed by atoms with Crippen molar-refractivity contribution < 1.29 is 9.32 Å². The molecule has 0 bridgehead atoms. The van der Waals surface area contributed by atoms with Crippen LogP contribution in [-0.4, -0.2) is 54.6 Å². The SMILES string of the molecule is CCN1CCN(c2cc(NC3CCCCC3)c3c4c(onc24)-c2ccccc2C3=O)CC1. The van der Waals surface area contributed by atoms with Gasteiger partial charge in [-0.25, -0.2) is 0 Å². The second kappa shape index (κ2) is 7.93. The molecule has 0 spiro atoms. The summed E-state index contributed by atoms with van der Waals surface area (Å²) < 4.78 is 5.92. The number of likely N-dealkylation sites (N-methyl/N-ethyl adjacent to an activating group) is 1. The van der Waals surface area contributed by atoms with Crippen molar-refractivity contribution in [1.82, 2.24) is 10.1 Å². The van der Waals surface area contributed by atoms with Crippen molar-refractivity contribution in [3.63, 3.8) is 0 Å². The number of ketones is 1. The van der Waals surface area contributed by atoms with Crippen LogP contribution < -0.4 is 10.2 Å². The van der Waals surface area contributed by atoms with Gasteiger partial charge in [0.2, 0.25) is 0 Å². The molecule has 6 heteroatoms. The second-order valence-electron chi connectivity index (χ2n) is 9.33. The fourth-order valence-electron chi connectivity index (χ4n) is 5.67. The maximum Gasteiger partial charge on any atom is 0.196 e. The van der Waals surface area contributed by atoms with Crippen molar-refractivity contribution in [3.8, 4) is 11.3 Å². The highest BCUT2D eigenvalue weighted by molar-refractivity contribution is 6.28. The van der Waals surface area contributed by atoms with Gasteiger partial charge < -0.3 is 19.6 Å². The van der Waals surface area contributed by atoms with E-state index >= 15 is 0 Å². The van der Waals surface area contributed by atoms with E-state index in [1.54, 1.807) is 0 Å². The van der Waals surface area contributed by atoms with Crippen molar-refractivity contribution >= 4 is 28.1 Å². The Bertz CT molecular complexity index is 1170. The quantitative estimate of drug-likeness (QED) is 0.496. The van der Waals surface area contributed by atoms with Gasteiger partial charge in [0.15, 0.2) is 11.5 Å². The van der Waals surface area contributed by atoms with Crippen LogP contribution in [0.5, 0.6) is 0 Å². The molecule has 1 aliphatic heterocycles. The number of rotatable bonds is 4. The fraction of sp³-hybridized carbons (Fsp3) is 0.462. The van der Waals surface area contributed by atoms with Crippen LogP contribution in [0.1, 0.15) is 54.9 Å². The summed E-state index contributed by atoms with van der Waals surface area (Å²) in [4.78, 5) is 18.6. The first kappa shape index (κ1) is 19.8. The molecule has 1 saturated heterocycles. The average Bonchev–Trinajstić information content (AvgIpc) is 3.29. The molecule has 6 rings (SSSR count). The van der Waals surface area contributed by atoms with Crippen LogP contribution >= 0.6 is 0 Å². The minimum absolute atomic E-state index is 0.0713. The summed E-state index contributed by atoms with van der Waals surface area (Å²) in [5.41, 5.74) is 5.13. The maximum absolute atomic E-state index is 13.7. The molecule has 1 saturated carbocycles. The molecular formula is C26H30N4O2. The zero-order chi connectivity index (χ0) is 21.7. The predicted molar refractivity (Wildman–Crippen MR) is 128 cm³/mol. The highest BCUT2D eigenvalue weighted by atomic mass is 16.5. The van der Waals surface area contributed by atoms with E-state index in [0.717, 1.165) is 84.7 Å². The van der Waals surface area contributed by atoms with Gasteiger partial charge in [-0.2, -0.15) is 0 Å². The number of hydrogen-bond donors (Lipinski definition) is 1. The number of nitrogens with one attached hydrogen (secondary N) is 1. The summed E-state index contributed by atoms with van der Waals surface area (Å²) >= 11 is 0.